The van der Waals surface area contributed by atoms with Crippen LogP contribution < -0.4 is 16.0 Å². The van der Waals surface area contributed by atoms with Gasteiger partial charge in [0.15, 0.2) is 5.96 Å². The average molecular weight is 418 g/mol. The number of hydrogen-bond acceptors (Lipinski definition) is 2. The Morgan fingerprint density at radius 1 is 1.27 bits per heavy atom. The van der Waals surface area contributed by atoms with E-state index in [4.69, 9.17) is 0 Å². The van der Waals surface area contributed by atoms with Crippen molar-refractivity contribution in [1.29, 1.82) is 0 Å². The van der Waals surface area contributed by atoms with E-state index in [0.29, 0.717) is 12.1 Å². The maximum absolute atomic E-state index is 11.6. The number of hydrogen-bond donors (Lipinski definition) is 3. The highest BCUT2D eigenvalue weighted by molar-refractivity contribution is 14.0. The van der Waals surface area contributed by atoms with E-state index in [9.17, 15) is 4.79 Å². The Bertz CT molecular complexity index is 509. The number of amides is 1. The van der Waals surface area contributed by atoms with E-state index in [1.54, 1.807) is 13.1 Å². The first kappa shape index (κ1) is 20.7. The molecule has 0 aromatic heterocycles. The second-order valence-corrected chi connectivity index (χ2v) is 5.85. The van der Waals surface area contributed by atoms with Crippen LogP contribution in [0.4, 0.5) is 0 Å². The largest absolute Gasteiger partial charge is 0.357 e. The number of guanidine groups is 1. The third kappa shape index (κ3) is 7.63. The molecule has 0 unspecified atom stereocenters. The van der Waals surface area contributed by atoms with Crippen molar-refractivity contribution in [1.82, 2.24) is 16.0 Å². The van der Waals surface area contributed by atoms with Gasteiger partial charge in [-0.15, -0.1) is 24.0 Å². The standard InChI is InChI=1S/C16H26N4O.HI/c1-6-18-15(20-16(2,3)4)19-11-12-8-7-9-13(10-12)14(21)17-5;/h7-10H,6,11H2,1-5H3,(H,17,21)(H2,18,19,20);1H. The second-order valence-electron chi connectivity index (χ2n) is 5.85. The fourth-order valence-electron chi connectivity index (χ4n) is 1.79. The predicted octanol–water partition coefficient (Wildman–Crippen LogP) is 2.52. The molecule has 0 heterocycles. The zero-order valence-electron chi connectivity index (χ0n) is 14.0. The normalized spacial score (nSPS) is 11.4. The number of nitrogens with zero attached hydrogens (tertiary/aromatic N) is 1. The molecular weight excluding hydrogens is 391 g/mol. The molecule has 6 heteroatoms. The Labute approximate surface area is 150 Å². The summed E-state index contributed by atoms with van der Waals surface area (Å²) in [6.45, 7) is 9.63. The van der Waals surface area contributed by atoms with Crippen molar-refractivity contribution in [3.05, 3.63) is 35.4 Å². The molecule has 1 rings (SSSR count). The van der Waals surface area contributed by atoms with Gasteiger partial charge in [-0.2, -0.15) is 0 Å². The summed E-state index contributed by atoms with van der Waals surface area (Å²) in [4.78, 5) is 16.2. The molecule has 1 amide bonds. The minimum atomic E-state index is -0.0828. The summed E-state index contributed by atoms with van der Waals surface area (Å²) in [6, 6.07) is 7.50. The highest BCUT2D eigenvalue weighted by atomic mass is 127. The average Bonchev–Trinajstić information content (AvgIpc) is 2.43. The van der Waals surface area contributed by atoms with E-state index in [1.165, 1.54) is 0 Å². The zero-order valence-corrected chi connectivity index (χ0v) is 16.3. The minimum absolute atomic E-state index is 0. The molecular formula is C16H27IN4O. The van der Waals surface area contributed by atoms with Crippen molar-refractivity contribution in [2.45, 2.75) is 39.8 Å². The molecule has 124 valence electrons. The van der Waals surface area contributed by atoms with Gasteiger partial charge >= 0.3 is 0 Å². The topological polar surface area (TPSA) is 65.5 Å². The van der Waals surface area contributed by atoms with Crippen molar-refractivity contribution >= 4 is 35.8 Å². The fraction of sp³-hybridized carbons (Fsp3) is 0.500. The van der Waals surface area contributed by atoms with Crippen LogP contribution in [-0.2, 0) is 6.54 Å². The summed E-state index contributed by atoms with van der Waals surface area (Å²) in [5, 5.41) is 9.18. The lowest BCUT2D eigenvalue weighted by molar-refractivity contribution is 0.0963. The van der Waals surface area contributed by atoms with E-state index in [1.807, 2.05) is 25.1 Å². The zero-order chi connectivity index (χ0) is 15.9. The summed E-state index contributed by atoms with van der Waals surface area (Å²) >= 11 is 0. The summed E-state index contributed by atoms with van der Waals surface area (Å²) < 4.78 is 0. The van der Waals surface area contributed by atoms with E-state index < -0.39 is 0 Å². The number of halogens is 1. The Balaban J connectivity index is 0.00000441. The van der Waals surface area contributed by atoms with Crippen molar-refractivity contribution in [3.8, 4) is 0 Å². The highest BCUT2D eigenvalue weighted by Gasteiger charge is 2.11. The van der Waals surface area contributed by atoms with Gasteiger partial charge in [-0.3, -0.25) is 4.79 Å². The van der Waals surface area contributed by atoms with E-state index in [-0.39, 0.29) is 35.4 Å². The molecule has 0 bridgehead atoms. The second kappa shape index (κ2) is 9.66. The lowest BCUT2D eigenvalue weighted by Gasteiger charge is -2.23. The molecule has 3 N–H and O–H groups in total. The monoisotopic (exact) mass is 418 g/mol. The molecule has 1 aromatic carbocycles. The van der Waals surface area contributed by atoms with Crippen molar-refractivity contribution in [3.63, 3.8) is 0 Å². The molecule has 0 radical (unpaired) electrons. The Hall–Kier alpha value is -1.31. The number of aliphatic imine (C=N–C) groups is 1. The molecule has 5 nitrogen and oxygen atoms in total. The maximum atomic E-state index is 11.6. The molecule has 22 heavy (non-hydrogen) atoms. The molecule has 0 spiro atoms. The molecule has 0 fully saturated rings. The quantitative estimate of drug-likeness (QED) is 0.400. The van der Waals surface area contributed by atoms with Crippen molar-refractivity contribution < 1.29 is 4.79 Å². The van der Waals surface area contributed by atoms with Crippen molar-refractivity contribution in [2.24, 2.45) is 4.99 Å². The first-order valence-electron chi connectivity index (χ1n) is 7.23. The number of carbonyl (C=O) groups excluding carboxylic acids is 1. The number of carbonyl (C=O) groups is 1. The Morgan fingerprint density at radius 2 is 1.95 bits per heavy atom. The van der Waals surface area contributed by atoms with Gasteiger partial charge in [-0.05, 0) is 45.4 Å². The fourth-order valence-corrected chi connectivity index (χ4v) is 1.79. The lowest BCUT2D eigenvalue weighted by atomic mass is 10.1. The molecule has 0 aliphatic rings. The number of rotatable bonds is 4. The Morgan fingerprint density at radius 3 is 2.50 bits per heavy atom. The smallest absolute Gasteiger partial charge is 0.251 e. The van der Waals surface area contributed by atoms with Gasteiger partial charge in [0.25, 0.3) is 5.91 Å². The molecule has 1 aromatic rings. The van der Waals surface area contributed by atoms with Crippen LogP contribution in [0.2, 0.25) is 0 Å². The summed E-state index contributed by atoms with van der Waals surface area (Å²) in [5.41, 5.74) is 1.60. The third-order valence-electron chi connectivity index (χ3n) is 2.67. The van der Waals surface area contributed by atoms with E-state index in [0.717, 1.165) is 18.1 Å². The SMILES string of the molecule is CCNC(=NCc1cccc(C(=O)NC)c1)NC(C)(C)C.I. The predicted molar refractivity (Wildman–Crippen MR) is 103 cm³/mol. The summed E-state index contributed by atoms with van der Waals surface area (Å²) in [7, 11) is 1.63. The van der Waals surface area contributed by atoms with Crippen LogP contribution in [0.5, 0.6) is 0 Å². The van der Waals surface area contributed by atoms with Crippen LogP contribution >= 0.6 is 24.0 Å². The minimum Gasteiger partial charge on any atom is -0.357 e. The van der Waals surface area contributed by atoms with Crippen LogP contribution in [0.3, 0.4) is 0 Å². The summed E-state index contributed by atoms with van der Waals surface area (Å²) in [5.74, 6) is 0.691. The molecule has 0 saturated heterocycles. The number of benzene rings is 1. The van der Waals surface area contributed by atoms with Gasteiger partial charge in [0.2, 0.25) is 0 Å². The van der Waals surface area contributed by atoms with Gasteiger partial charge in [-0.25, -0.2) is 4.99 Å². The van der Waals surface area contributed by atoms with Crippen LogP contribution in [0.15, 0.2) is 29.3 Å². The van der Waals surface area contributed by atoms with Gasteiger partial charge in [-0.1, -0.05) is 12.1 Å². The van der Waals surface area contributed by atoms with Crippen LogP contribution in [0.25, 0.3) is 0 Å². The number of nitrogens with one attached hydrogen (secondary N) is 3. The first-order chi connectivity index (χ1) is 9.85. The molecule has 0 atom stereocenters. The van der Waals surface area contributed by atoms with E-state index >= 15 is 0 Å². The first-order valence-corrected chi connectivity index (χ1v) is 7.23. The van der Waals surface area contributed by atoms with Crippen LogP contribution in [0.1, 0.15) is 43.6 Å². The molecule has 0 aliphatic carbocycles. The lowest BCUT2D eigenvalue weighted by Crippen LogP contribution is -2.47. The molecule has 0 aliphatic heterocycles. The maximum Gasteiger partial charge on any atom is 0.251 e. The van der Waals surface area contributed by atoms with Gasteiger partial charge in [0.1, 0.15) is 0 Å². The Kier molecular flexibility index (Phi) is 9.08. The third-order valence-corrected chi connectivity index (χ3v) is 2.67. The molecule has 0 saturated carbocycles. The van der Waals surface area contributed by atoms with Crippen LogP contribution in [0, 0.1) is 0 Å². The van der Waals surface area contributed by atoms with Crippen molar-refractivity contribution in [2.75, 3.05) is 13.6 Å². The van der Waals surface area contributed by atoms with E-state index in [2.05, 4.69) is 41.7 Å². The highest BCUT2D eigenvalue weighted by Crippen LogP contribution is 2.07. The van der Waals surface area contributed by atoms with Crippen LogP contribution in [-0.4, -0.2) is 31.0 Å². The van der Waals surface area contributed by atoms with Gasteiger partial charge < -0.3 is 16.0 Å². The van der Waals surface area contributed by atoms with Gasteiger partial charge in [0.05, 0.1) is 6.54 Å². The van der Waals surface area contributed by atoms with Gasteiger partial charge in [0, 0.05) is 24.7 Å². The summed E-state index contributed by atoms with van der Waals surface area (Å²) in [6.07, 6.45) is 0.